The van der Waals surface area contributed by atoms with Gasteiger partial charge >= 0.3 is 0 Å². The van der Waals surface area contributed by atoms with Gasteiger partial charge in [0.15, 0.2) is 5.65 Å². The SMILES string of the molecule is Clc1cnc2cnn(Cc3cncs3)c2n1. The number of halogens is 1. The number of nitrogens with zero attached hydrogens (tertiary/aromatic N) is 5. The van der Waals surface area contributed by atoms with Gasteiger partial charge in [0.25, 0.3) is 0 Å². The van der Waals surface area contributed by atoms with Crippen molar-refractivity contribution in [3.05, 3.63) is 34.1 Å². The summed E-state index contributed by atoms with van der Waals surface area (Å²) in [7, 11) is 0. The monoisotopic (exact) mass is 251 g/mol. The van der Waals surface area contributed by atoms with Crippen molar-refractivity contribution in [2.75, 3.05) is 0 Å². The summed E-state index contributed by atoms with van der Waals surface area (Å²) < 4.78 is 1.77. The minimum Gasteiger partial charge on any atom is -0.253 e. The molecule has 0 aliphatic carbocycles. The highest BCUT2D eigenvalue weighted by atomic mass is 35.5. The minimum absolute atomic E-state index is 0.374. The maximum absolute atomic E-state index is 5.80. The molecular formula is C9H6ClN5S. The average Bonchev–Trinajstić information content (AvgIpc) is 2.90. The third-order valence-corrected chi connectivity index (χ3v) is 3.05. The van der Waals surface area contributed by atoms with Gasteiger partial charge in [-0.1, -0.05) is 11.6 Å². The Hall–Kier alpha value is -1.53. The predicted octanol–water partition coefficient (Wildman–Crippen LogP) is 1.98. The second kappa shape index (κ2) is 3.80. The second-order valence-electron chi connectivity index (χ2n) is 3.17. The van der Waals surface area contributed by atoms with E-state index in [-0.39, 0.29) is 0 Å². The molecule has 7 heteroatoms. The third kappa shape index (κ3) is 1.66. The lowest BCUT2D eigenvalue weighted by molar-refractivity contribution is 0.711. The zero-order valence-electron chi connectivity index (χ0n) is 8.04. The van der Waals surface area contributed by atoms with Crippen LogP contribution in [0.1, 0.15) is 4.88 Å². The van der Waals surface area contributed by atoms with Crippen molar-refractivity contribution >= 4 is 34.1 Å². The summed E-state index contributed by atoms with van der Waals surface area (Å²) in [5, 5.41) is 4.60. The van der Waals surface area contributed by atoms with E-state index in [4.69, 9.17) is 11.6 Å². The third-order valence-electron chi connectivity index (χ3n) is 2.10. The quantitative estimate of drug-likeness (QED) is 0.699. The molecule has 5 nitrogen and oxygen atoms in total. The van der Waals surface area contributed by atoms with Gasteiger partial charge in [0.05, 0.1) is 24.4 Å². The Morgan fingerprint density at radius 2 is 2.25 bits per heavy atom. The van der Waals surface area contributed by atoms with E-state index in [0.29, 0.717) is 17.3 Å². The fraction of sp³-hybridized carbons (Fsp3) is 0.111. The van der Waals surface area contributed by atoms with Crippen molar-refractivity contribution in [2.24, 2.45) is 0 Å². The van der Waals surface area contributed by atoms with E-state index in [9.17, 15) is 0 Å². The normalized spacial score (nSPS) is 11.1. The first-order valence-electron chi connectivity index (χ1n) is 4.54. The van der Waals surface area contributed by atoms with Crippen LogP contribution in [-0.2, 0) is 6.54 Å². The molecule has 16 heavy (non-hydrogen) atoms. The van der Waals surface area contributed by atoms with Gasteiger partial charge in [-0.2, -0.15) is 5.10 Å². The molecule has 0 fully saturated rings. The van der Waals surface area contributed by atoms with Crippen molar-refractivity contribution in [3.8, 4) is 0 Å². The molecule has 3 aromatic rings. The summed E-state index contributed by atoms with van der Waals surface area (Å²) in [5.74, 6) is 0. The first-order chi connectivity index (χ1) is 7.83. The van der Waals surface area contributed by atoms with Crippen molar-refractivity contribution < 1.29 is 0 Å². The molecule has 0 aliphatic rings. The summed E-state index contributed by atoms with van der Waals surface area (Å²) in [6.45, 7) is 0.642. The van der Waals surface area contributed by atoms with Crippen LogP contribution < -0.4 is 0 Å². The maximum Gasteiger partial charge on any atom is 0.178 e. The van der Waals surface area contributed by atoms with E-state index < -0.39 is 0 Å². The number of hydrogen-bond acceptors (Lipinski definition) is 5. The smallest absolute Gasteiger partial charge is 0.178 e. The summed E-state index contributed by atoms with van der Waals surface area (Å²) in [6.07, 6.45) is 5.01. The van der Waals surface area contributed by atoms with E-state index in [0.717, 1.165) is 10.4 Å². The lowest BCUT2D eigenvalue weighted by atomic mass is 10.5. The van der Waals surface area contributed by atoms with Gasteiger partial charge in [-0.05, 0) is 0 Å². The Kier molecular flexibility index (Phi) is 2.30. The van der Waals surface area contributed by atoms with Gasteiger partial charge in [0.2, 0.25) is 0 Å². The number of aromatic nitrogens is 5. The Bertz CT molecular complexity index is 618. The second-order valence-corrected chi connectivity index (χ2v) is 4.53. The number of thiazole rings is 1. The fourth-order valence-electron chi connectivity index (χ4n) is 1.41. The molecule has 0 radical (unpaired) electrons. The van der Waals surface area contributed by atoms with Gasteiger partial charge in [0.1, 0.15) is 10.7 Å². The lowest BCUT2D eigenvalue weighted by Crippen LogP contribution is -2.01. The lowest BCUT2D eigenvalue weighted by Gasteiger charge is -1.99. The molecule has 0 bridgehead atoms. The molecule has 3 rings (SSSR count). The summed E-state index contributed by atoms with van der Waals surface area (Å²) >= 11 is 7.39. The summed E-state index contributed by atoms with van der Waals surface area (Å²) in [5.41, 5.74) is 3.23. The van der Waals surface area contributed by atoms with Crippen molar-refractivity contribution in [1.29, 1.82) is 0 Å². The van der Waals surface area contributed by atoms with Crippen LogP contribution in [0, 0.1) is 0 Å². The molecule has 0 aromatic carbocycles. The van der Waals surface area contributed by atoms with Gasteiger partial charge < -0.3 is 0 Å². The van der Waals surface area contributed by atoms with Gasteiger partial charge in [-0.3, -0.25) is 4.98 Å². The van der Waals surface area contributed by atoms with Crippen LogP contribution >= 0.6 is 22.9 Å². The molecule has 0 N–H and O–H groups in total. The molecule has 0 aliphatic heterocycles. The van der Waals surface area contributed by atoms with Crippen LogP contribution in [-0.4, -0.2) is 24.7 Å². The van der Waals surface area contributed by atoms with Crippen molar-refractivity contribution in [1.82, 2.24) is 24.7 Å². The van der Waals surface area contributed by atoms with Gasteiger partial charge in [-0.15, -0.1) is 11.3 Å². The number of fused-ring (bicyclic) bond motifs is 1. The van der Waals surface area contributed by atoms with Crippen molar-refractivity contribution in [3.63, 3.8) is 0 Å². The Labute approximate surface area is 99.7 Å². The van der Waals surface area contributed by atoms with Crippen molar-refractivity contribution in [2.45, 2.75) is 6.54 Å². The minimum atomic E-state index is 0.374. The average molecular weight is 252 g/mol. The van der Waals surface area contributed by atoms with Crippen LogP contribution in [0.3, 0.4) is 0 Å². The maximum atomic E-state index is 5.80. The van der Waals surface area contributed by atoms with E-state index in [1.807, 2.05) is 6.20 Å². The highest BCUT2D eigenvalue weighted by Gasteiger charge is 2.07. The zero-order valence-corrected chi connectivity index (χ0v) is 9.61. The van der Waals surface area contributed by atoms with Crippen LogP contribution in [0.5, 0.6) is 0 Å². The van der Waals surface area contributed by atoms with Crippen LogP contribution in [0.4, 0.5) is 0 Å². The van der Waals surface area contributed by atoms with Crippen LogP contribution in [0.25, 0.3) is 11.2 Å². The molecule has 0 saturated heterocycles. The standard InChI is InChI=1S/C9H6ClN5S/c10-8-3-12-7-2-13-15(9(7)14-8)4-6-1-11-5-16-6/h1-3,5H,4H2. The highest BCUT2D eigenvalue weighted by Crippen LogP contribution is 2.14. The number of rotatable bonds is 2. The van der Waals surface area contributed by atoms with E-state index in [2.05, 4.69) is 20.1 Å². The first kappa shape index (κ1) is 9.68. The first-order valence-corrected chi connectivity index (χ1v) is 5.80. The molecule has 3 heterocycles. The highest BCUT2D eigenvalue weighted by molar-refractivity contribution is 7.09. The van der Waals surface area contributed by atoms with Gasteiger partial charge in [0, 0.05) is 11.1 Å². The Morgan fingerprint density at radius 3 is 3.06 bits per heavy atom. The van der Waals surface area contributed by atoms with Crippen LogP contribution in [0.2, 0.25) is 5.15 Å². The molecule has 0 unspecified atom stereocenters. The van der Waals surface area contributed by atoms with E-state index >= 15 is 0 Å². The topological polar surface area (TPSA) is 56.5 Å². The largest absolute Gasteiger partial charge is 0.253 e. The van der Waals surface area contributed by atoms with Crippen LogP contribution in [0.15, 0.2) is 24.1 Å². The predicted molar refractivity (Wildman–Crippen MR) is 61.5 cm³/mol. The van der Waals surface area contributed by atoms with E-state index in [1.165, 1.54) is 6.20 Å². The summed E-state index contributed by atoms with van der Waals surface area (Å²) in [6, 6.07) is 0. The number of hydrogen-bond donors (Lipinski definition) is 0. The zero-order chi connectivity index (χ0) is 11.0. The Morgan fingerprint density at radius 1 is 1.31 bits per heavy atom. The molecule has 0 amide bonds. The summed E-state index contributed by atoms with van der Waals surface area (Å²) in [4.78, 5) is 13.5. The molecule has 80 valence electrons. The molecule has 3 aromatic heterocycles. The molecule has 0 saturated carbocycles. The Balaban J connectivity index is 2.07. The van der Waals surface area contributed by atoms with E-state index in [1.54, 1.807) is 27.7 Å². The fourth-order valence-corrected chi connectivity index (χ4v) is 2.12. The molecule has 0 atom stereocenters. The molecular weight excluding hydrogens is 246 g/mol. The molecule has 0 spiro atoms. The van der Waals surface area contributed by atoms with Gasteiger partial charge in [-0.25, -0.2) is 14.6 Å².